The van der Waals surface area contributed by atoms with E-state index in [0.717, 1.165) is 36.7 Å². The van der Waals surface area contributed by atoms with E-state index in [0.29, 0.717) is 5.82 Å². The van der Waals surface area contributed by atoms with Crippen LogP contribution in [0.1, 0.15) is 46.0 Å². The second kappa shape index (κ2) is 4.88. The molecule has 1 aliphatic rings. The Morgan fingerprint density at radius 3 is 2.20 bits per heavy atom. The van der Waals surface area contributed by atoms with Gasteiger partial charge in [0.1, 0.15) is 17.5 Å². The van der Waals surface area contributed by atoms with Crippen LogP contribution in [-0.4, -0.2) is 34.3 Å². The van der Waals surface area contributed by atoms with E-state index in [1.165, 1.54) is 0 Å². The number of nitrogens with two attached hydrogens (primary N) is 1. The van der Waals surface area contributed by atoms with E-state index in [1.807, 2.05) is 13.8 Å². The predicted molar refractivity (Wildman–Crippen MR) is 82.0 cm³/mol. The summed E-state index contributed by atoms with van der Waals surface area (Å²) in [6.07, 6.45) is 0.786. The molecule has 1 aromatic heterocycles. The van der Waals surface area contributed by atoms with Gasteiger partial charge in [-0.05, 0) is 34.6 Å². The number of morpholine rings is 1. The Labute approximate surface area is 121 Å². The number of nitrogens with zero attached hydrogens (tertiary/aromatic N) is 3. The fourth-order valence-corrected chi connectivity index (χ4v) is 2.97. The van der Waals surface area contributed by atoms with Gasteiger partial charge in [0.25, 0.3) is 0 Å². The van der Waals surface area contributed by atoms with E-state index in [4.69, 9.17) is 10.5 Å². The molecule has 1 aliphatic heterocycles. The maximum absolute atomic E-state index is 6.12. The summed E-state index contributed by atoms with van der Waals surface area (Å²) in [6.45, 7) is 14.1. The lowest BCUT2D eigenvalue weighted by molar-refractivity contribution is -0.133. The molecule has 5 heteroatoms. The molecule has 112 valence electrons. The van der Waals surface area contributed by atoms with Crippen molar-refractivity contribution in [3.63, 3.8) is 0 Å². The van der Waals surface area contributed by atoms with Crippen molar-refractivity contribution >= 4 is 11.6 Å². The first kappa shape index (κ1) is 15.0. The van der Waals surface area contributed by atoms with Gasteiger partial charge < -0.3 is 15.4 Å². The smallest absolute Gasteiger partial charge is 0.137 e. The molecule has 1 aromatic rings. The molecule has 0 aliphatic carbocycles. The van der Waals surface area contributed by atoms with Crippen molar-refractivity contribution in [2.24, 2.45) is 0 Å². The Morgan fingerprint density at radius 2 is 1.70 bits per heavy atom. The van der Waals surface area contributed by atoms with Crippen molar-refractivity contribution in [2.75, 3.05) is 23.7 Å². The van der Waals surface area contributed by atoms with Crippen molar-refractivity contribution in [1.29, 1.82) is 0 Å². The number of hydrogen-bond donors (Lipinski definition) is 1. The van der Waals surface area contributed by atoms with Gasteiger partial charge in [-0.15, -0.1) is 0 Å². The van der Waals surface area contributed by atoms with Crippen LogP contribution in [0.15, 0.2) is 0 Å². The van der Waals surface area contributed by atoms with E-state index >= 15 is 0 Å². The van der Waals surface area contributed by atoms with Crippen LogP contribution < -0.4 is 10.6 Å². The van der Waals surface area contributed by atoms with Gasteiger partial charge in [-0.3, -0.25) is 0 Å². The monoisotopic (exact) mass is 278 g/mol. The zero-order valence-electron chi connectivity index (χ0n) is 13.4. The number of ether oxygens (including phenoxy) is 1. The molecule has 0 amide bonds. The van der Waals surface area contributed by atoms with Crippen LogP contribution in [-0.2, 0) is 11.2 Å². The van der Waals surface area contributed by atoms with Crippen LogP contribution in [0, 0.1) is 6.92 Å². The fraction of sp³-hybridized carbons (Fsp3) is 0.733. The maximum atomic E-state index is 6.12. The first-order valence-corrected chi connectivity index (χ1v) is 7.22. The Bertz CT molecular complexity index is 495. The van der Waals surface area contributed by atoms with Gasteiger partial charge in [-0.2, -0.15) is 0 Å². The molecule has 0 bridgehead atoms. The summed E-state index contributed by atoms with van der Waals surface area (Å²) in [5, 5.41) is 0. The van der Waals surface area contributed by atoms with Gasteiger partial charge in [0.2, 0.25) is 0 Å². The first-order chi connectivity index (χ1) is 9.13. The molecule has 0 spiro atoms. The fourth-order valence-electron chi connectivity index (χ4n) is 2.97. The van der Waals surface area contributed by atoms with Gasteiger partial charge in [0.05, 0.1) is 11.2 Å². The van der Waals surface area contributed by atoms with Crippen LogP contribution >= 0.6 is 0 Å². The zero-order chi connectivity index (χ0) is 15.1. The van der Waals surface area contributed by atoms with Crippen LogP contribution in [0.4, 0.5) is 11.6 Å². The molecule has 0 atom stereocenters. The third-order valence-corrected chi connectivity index (χ3v) is 3.52. The minimum absolute atomic E-state index is 0.208. The summed E-state index contributed by atoms with van der Waals surface area (Å²) in [7, 11) is 0. The summed E-state index contributed by atoms with van der Waals surface area (Å²) < 4.78 is 6.12. The summed E-state index contributed by atoms with van der Waals surface area (Å²) in [5.41, 5.74) is 6.57. The molecule has 2 rings (SSSR count). The topological polar surface area (TPSA) is 64.3 Å². The molecule has 1 fully saturated rings. The number of aryl methyl sites for hydroxylation is 1. The molecule has 1 saturated heterocycles. The maximum Gasteiger partial charge on any atom is 0.137 e. The zero-order valence-corrected chi connectivity index (χ0v) is 13.4. The quantitative estimate of drug-likeness (QED) is 0.899. The average Bonchev–Trinajstić information content (AvgIpc) is 2.28. The van der Waals surface area contributed by atoms with E-state index in [1.54, 1.807) is 0 Å². The normalized spacial score (nSPS) is 21.0. The van der Waals surface area contributed by atoms with Crippen LogP contribution in [0.3, 0.4) is 0 Å². The summed E-state index contributed by atoms with van der Waals surface area (Å²) in [6, 6.07) is 0. The van der Waals surface area contributed by atoms with E-state index in [9.17, 15) is 0 Å². The Hall–Kier alpha value is -1.36. The van der Waals surface area contributed by atoms with Gasteiger partial charge >= 0.3 is 0 Å². The van der Waals surface area contributed by atoms with Gasteiger partial charge in [-0.25, -0.2) is 9.97 Å². The van der Waals surface area contributed by atoms with Crippen molar-refractivity contribution in [2.45, 2.75) is 59.2 Å². The lowest BCUT2D eigenvalue weighted by Gasteiger charge is -2.48. The first-order valence-electron chi connectivity index (χ1n) is 7.22. The molecular formula is C15H26N4O. The Balaban J connectivity index is 2.42. The number of rotatable bonds is 2. The Morgan fingerprint density at radius 1 is 1.15 bits per heavy atom. The molecule has 0 unspecified atom stereocenters. The predicted octanol–water partition coefficient (Wildman–Crippen LogP) is 2.32. The minimum atomic E-state index is -0.208. The largest absolute Gasteiger partial charge is 0.383 e. The SMILES string of the molecule is CCc1nc(N)c(C)c(N2CC(C)(C)OC(C)(C)C2)n1. The second-order valence-corrected chi connectivity index (χ2v) is 6.80. The minimum Gasteiger partial charge on any atom is -0.383 e. The number of hydrogen-bond acceptors (Lipinski definition) is 5. The van der Waals surface area contributed by atoms with Gasteiger partial charge in [0, 0.05) is 25.1 Å². The van der Waals surface area contributed by atoms with Crippen LogP contribution in [0.5, 0.6) is 0 Å². The molecule has 0 saturated carbocycles. The standard InChI is InChI=1S/C15H26N4O/c1-7-11-17-12(16)10(2)13(18-11)19-8-14(3,4)20-15(5,6)9-19/h7-9H2,1-6H3,(H2,16,17,18). The van der Waals surface area contributed by atoms with Gasteiger partial charge in [0.15, 0.2) is 0 Å². The highest BCUT2D eigenvalue weighted by molar-refractivity contribution is 5.57. The molecule has 5 nitrogen and oxygen atoms in total. The molecular weight excluding hydrogens is 252 g/mol. The van der Waals surface area contributed by atoms with Gasteiger partial charge in [-0.1, -0.05) is 6.92 Å². The van der Waals surface area contributed by atoms with Crippen LogP contribution in [0.2, 0.25) is 0 Å². The Kier molecular flexibility index (Phi) is 3.67. The molecule has 0 radical (unpaired) electrons. The second-order valence-electron chi connectivity index (χ2n) is 6.80. The highest BCUT2D eigenvalue weighted by Gasteiger charge is 2.39. The lowest BCUT2D eigenvalue weighted by atomic mass is 9.98. The lowest BCUT2D eigenvalue weighted by Crippen LogP contribution is -2.57. The van der Waals surface area contributed by atoms with E-state index < -0.39 is 0 Å². The average molecular weight is 278 g/mol. The molecule has 0 aromatic carbocycles. The molecule has 2 heterocycles. The van der Waals surface area contributed by atoms with Crippen molar-refractivity contribution in [1.82, 2.24) is 9.97 Å². The molecule has 20 heavy (non-hydrogen) atoms. The van der Waals surface area contributed by atoms with Crippen molar-refractivity contribution < 1.29 is 4.74 Å². The van der Waals surface area contributed by atoms with Crippen molar-refractivity contribution in [3.05, 3.63) is 11.4 Å². The highest BCUT2D eigenvalue weighted by atomic mass is 16.5. The number of aromatic nitrogens is 2. The number of nitrogen functional groups attached to an aromatic ring is 1. The summed E-state index contributed by atoms with van der Waals surface area (Å²) in [5.74, 6) is 2.32. The van der Waals surface area contributed by atoms with Crippen LogP contribution in [0.25, 0.3) is 0 Å². The molecule has 2 N–H and O–H groups in total. The highest BCUT2D eigenvalue weighted by Crippen LogP contribution is 2.32. The summed E-state index contributed by atoms with van der Waals surface area (Å²) >= 11 is 0. The van der Waals surface area contributed by atoms with E-state index in [2.05, 4.69) is 42.6 Å². The van der Waals surface area contributed by atoms with E-state index in [-0.39, 0.29) is 11.2 Å². The third-order valence-electron chi connectivity index (χ3n) is 3.52. The summed E-state index contributed by atoms with van der Waals surface area (Å²) in [4.78, 5) is 11.3. The van der Waals surface area contributed by atoms with Crippen molar-refractivity contribution in [3.8, 4) is 0 Å². The third kappa shape index (κ3) is 3.03. The number of anilines is 2.